The van der Waals surface area contributed by atoms with Gasteiger partial charge in [-0.1, -0.05) is 18.2 Å². The molecule has 0 bridgehead atoms. The average Bonchev–Trinajstić information content (AvgIpc) is 2.59. The van der Waals surface area contributed by atoms with Crippen LogP contribution in [0.5, 0.6) is 0 Å². The summed E-state index contributed by atoms with van der Waals surface area (Å²) in [5.41, 5.74) is 1.48. The number of rotatable bonds is 0. The number of likely N-dealkylation sites (tertiary alicyclic amines) is 1. The molecule has 2 atom stereocenters. The summed E-state index contributed by atoms with van der Waals surface area (Å²) in [6, 6.07) is 8.25. The Hall–Kier alpha value is -1.35. The number of hydrogen-bond donors (Lipinski definition) is 0. The third-order valence-corrected chi connectivity index (χ3v) is 4.17. The first-order chi connectivity index (χ1) is 8.12. The molecule has 0 saturated carbocycles. The van der Waals surface area contributed by atoms with E-state index in [1.54, 1.807) is 0 Å². The van der Waals surface area contributed by atoms with Crippen LogP contribution in [0.15, 0.2) is 24.3 Å². The van der Waals surface area contributed by atoms with Crippen molar-refractivity contribution in [2.45, 2.75) is 31.4 Å². The Morgan fingerprint density at radius 1 is 1.41 bits per heavy atom. The molecule has 2 heterocycles. The predicted molar refractivity (Wildman–Crippen MR) is 64.9 cm³/mol. The normalized spacial score (nSPS) is 32.6. The minimum absolute atomic E-state index is 0.155. The van der Waals surface area contributed by atoms with E-state index < -0.39 is 0 Å². The fourth-order valence-corrected chi connectivity index (χ4v) is 3.00. The van der Waals surface area contributed by atoms with Crippen LogP contribution >= 0.6 is 0 Å². The standard InChI is InChI=1S/C14H17NO2/c1-10-9-14(7-8-15(10)2)12-6-4-3-5-11(12)13(16)17-14/h3-6,10H,7-9H2,1-2H3. The number of hydrogen-bond acceptors (Lipinski definition) is 3. The van der Waals surface area contributed by atoms with Crippen molar-refractivity contribution in [3.63, 3.8) is 0 Å². The predicted octanol–water partition coefficient (Wildman–Crippen LogP) is 2.17. The van der Waals surface area contributed by atoms with Crippen molar-refractivity contribution in [1.82, 2.24) is 4.90 Å². The first-order valence-electron chi connectivity index (χ1n) is 6.15. The Morgan fingerprint density at radius 3 is 2.94 bits per heavy atom. The van der Waals surface area contributed by atoms with Crippen LogP contribution in [0.3, 0.4) is 0 Å². The summed E-state index contributed by atoms with van der Waals surface area (Å²) < 4.78 is 5.71. The molecule has 0 N–H and O–H groups in total. The highest BCUT2D eigenvalue weighted by Crippen LogP contribution is 2.45. The van der Waals surface area contributed by atoms with Gasteiger partial charge in [0.05, 0.1) is 5.56 Å². The van der Waals surface area contributed by atoms with Crippen LogP contribution in [0.1, 0.15) is 35.7 Å². The van der Waals surface area contributed by atoms with Crippen molar-refractivity contribution in [1.29, 1.82) is 0 Å². The molecule has 2 unspecified atom stereocenters. The molecule has 3 nitrogen and oxygen atoms in total. The van der Waals surface area contributed by atoms with Gasteiger partial charge < -0.3 is 9.64 Å². The van der Waals surface area contributed by atoms with Gasteiger partial charge in [-0.05, 0) is 20.0 Å². The van der Waals surface area contributed by atoms with E-state index in [0.29, 0.717) is 6.04 Å². The first-order valence-corrected chi connectivity index (χ1v) is 6.15. The molecule has 1 fully saturated rings. The van der Waals surface area contributed by atoms with Crippen molar-refractivity contribution < 1.29 is 9.53 Å². The topological polar surface area (TPSA) is 29.5 Å². The summed E-state index contributed by atoms with van der Waals surface area (Å²) in [6.07, 6.45) is 1.79. The summed E-state index contributed by atoms with van der Waals surface area (Å²) >= 11 is 0. The zero-order chi connectivity index (χ0) is 12.0. The molecule has 0 amide bonds. The Bertz CT molecular complexity index is 471. The van der Waals surface area contributed by atoms with Crippen LogP contribution in [-0.4, -0.2) is 30.5 Å². The fraction of sp³-hybridized carbons (Fsp3) is 0.500. The summed E-state index contributed by atoms with van der Waals surface area (Å²) in [5, 5.41) is 0. The highest BCUT2D eigenvalue weighted by molar-refractivity contribution is 5.94. The molecule has 2 aliphatic rings. The molecule has 1 aromatic carbocycles. The molecule has 17 heavy (non-hydrogen) atoms. The second-order valence-corrected chi connectivity index (χ2v) is 5.21. The van der Waals surface area contributed by atoms with Gasteiger partial charge in [0.15, 0.2) is 0 Å². The smallest absolute Gasteiger partial charge is 0.339 e. The number of benzene rings is 1. The molecule has 1 aromatic rings. The summed E-state index contributed by atoms with van der Waals surface area (Å²) in [7, 11) is 2.13. The Balaban J connectivity index is 2.03. The number of carbonyl (C=O) groups is 1. The molecule has 0 aromatic heterocycles. The third-order valence-electron chi connectivity index (χ3n) is 4.17. The van der Waals surface area contributed by atoms with E-state index >= 15 is 0 Å². The van der Waals surface area contributed by atoms with Crippen molar-refractivity contribution in [2.24, 2.45) is 0 Å². The number of esters is 1. The van der Waals surface area contributed by atoms with Gasteiger partial charge in [-0.25, -0.2) is 4.79 Å². The SMILES string of the molecule is CC1CC2(CCN1C)OC(=O)c1ccccc12. The summed E-state index contributed by atoms with van der Waals surface area (Å²) in [4.78, 5) is 14.2. The average molecular weight is 231 g/mol. The summed E-state index contributed by atoms with van der Waals surface area (Å²) in [5.74, 6) is -0.155. The van der Waals surface area contributed by atoms with E-state index in [9.17, 15) is 4.79 Å². The lowest BCUT2D eigenvalue weighted by Crippen LogP contribution is -2.46. The molecule has 3 rings (SSSR count). The van der Waals surface area contributed by atoms with Crippen molar-refractivity contribution >= 4 is 5.97 Å². The summed E-state index contributed by atoms with van der Waals surface area (Å²) in [6.45, 7) is 3.17. The molecule has 1 saturated heterocycles. The maximum absolute atomic E-state index is 11.9. The molecule has 2 aliphatic heterocycles. The number of ether oxygens (including phenoxy) is 1. The Labute approximate surface area is 101 Å². The van der Waals surface area contributed by atoms with Crippen molar-refractivity contribution in [3.05, 3.63) is 35.4 Å². The largest absolute Gasteiger partial charge is 0.450 e. The van der Waals surface area contributed by atoms with E-state index in [1.165, 1.54) is 0 Å². The lowest BCUT2D eigenvalue weighted by atomic mass is 9.81. The van der Waals surface area contributed by atoms with E-state index in [2.05, 4.69) is 18.9 Å². The highest BCUT2D eigenvalue weighted by Gasteiger charge is 2.48. The van der Waals surface area contributed by atoms with E-state index in [-0.39, 0.29) is 11.6 Å². The quantitative estimate of drug-likeness (QED) is 0.641. The minimum atomic E-state index is -0.362. The van der Waals surface area contributed by atoms with Gasteiger partial charge >= 0.3 is 5.97 Å². The van der Waals surface area contributed by atoms with Crippen LogP contribution in [0.25, 0.3) is 0 Å². The van der Waals surface area contributed by atoms with Crippen LogP contribution in [0.2, 0.25) is 0 Å². The highest BCUT2D eigenvalue weighted by atomic mass is 16.6. The van der Waals surface area contributed by atoms with Crippen LogP contribution in [-0.2, 0) is 10.3 Å². The van der Waals surface area contributed by atoms with Gasteiger partial charge in [0.25, 0.3) is 0 Å². The van der Waals surface area contributed by atoms with Gasteiger partial charge in [-0.3, -0.25) is 0 Å². The van der Waals surface area contributed by atoms with Crippen molar-refractivity contribution in [2.75, 3.05) is 13.6 Å². The van der Waals surface area contributed by atoms with E-state index in [4.69, 9.17) is 4.74 Å². The van der Waals surface area contributed by atoms with Gasteiger partial charge in [-0.15, -0.1) is 0 Å². The Kier molecular flexibility index (Phi) is 2.26. The maximum Gasteiger partial charge on any atom is 0.339 e. The fourth-order valence-electron chi connectivity index (χ4n) is 3.00. The molecular formula is C14H17NO2. The number of carbonyl (C=O) groups excluding carboxylic acids is 1. The third kappa shape index (κ3) is 1.49. The lowest BCUT2D eigenvalue weighted by Gasteiger charge is -2.41. The molecular weight excluding hydrogens is 214 g/mol. The van der Waals surface area contributed by atoms with E-state index in [0.717, 1.165) is 30.5 Å². The minimum Gasteiger partial charge on any atom is -0.450 e. The first kappa shape index (κ1) is 10.8. The lowest BCUT2D eigenvalue weighted by molar-refractivity contribution is -0.0532. The molecule has 0 aliphatic carbocycles. The molecule has 3 heteroatoms. The van der Waals surface area contributed by atoms with Gasteiger partial charge in [-0.2, -0.15) is 0 Å². The second-order valence-electron chi connectivity index (χ2n) is 5.21. The van der Waals surface area contributed by atoms with Crippen LogP contribution in [0.4, 0.5) is 0 Å². The van der Waals surface area contributed by atoms with E-state index in [1.807, 2.05) is 24.3 Å². The van der Waals surface area contributed by atoms with Crippen LogP contribution in [0, 0.1) is 0 Å². The zero-order valence-corrected chi connectivity index (χ0v) is 10.3. The number of nitrogens with zero attached hydrogens (tertiary/aromatic N) is 1. The molecule has 90 valence electrons. The maximum atomic E-state index is 11.9. The number of piperidine rings is 1. The van der Waals surface area contributed by atoms with Crippen LogP contribution < -0.4 is 0 Å². The number of fused-ring (bicyclic) bond motifs is 2. The molecule has 1 spiro atoms. The van der Waals surface area contributed by atoms with Gasteiger partial charge in [0.1, 0.15) is 5.60 Å². The molecule has 0 radical (unpaired) electrons. The van der Waals surface area contributed by atoms with Gasteiger partial charge in [0.2, 0.25) is 0 Å². The van der Waals surface area contributed by atoms with Crippen molar-refractivity contribution in [3.8, 4) is 0 Å². The zero-order valence-electron chi connectivity index (χ0n) is 10.3. The monoisotopic (exact) mass is 231 g/mol. The van der Waals surface area contributed by atoms with Gasteiger partial charge in [0, 0.05) is 31.0 Å². The Morgan fingerprint density at radius 2 is 2.18 bits per heavy atom. The second kappa shape index (κ2) is 3.57.